The fourth-order valence-corrected chi connectivity index (χ4v) is 2.46. The highest BCUT2D eigenvalue weighted by atomic mass is 27.1. The first-order chi connectivity index (χ1) is 7.70. The van der Waals surface area contributed by atoms with Crippen molar-refractivity contribution in [2.75, 3.05) is 6.61 Å². The second kappa shape index (κ2) is 7.29. The molecule has 0 amide bonds. The molecule has 2 N–H and O–H groups in total. The van der Waals surface area contributed by atoms with Crippen LogP contribution < -0.4 is 0 Å². The van der Waals surface area contributed by atoms with Gasteiger partial charge in [0.2, 0.25) is 0 Å². The molecule has 0 aromatic heterocycles. The maximum atomic E-state index is 10.2. The first-order valence-electron chi connectivity index (χ1n) is 5.30. The third-order valence-corrected chi connectivity index (χ3v) is 3.56. The molecule has 0 atom stereocenters. The summed E-state index contributed by atoms with van der Waals surface area (Å²) in [6, 6.07) is 5.36. The summed E-state index contributed by atoms with van der Waals surface area (Å²) in [5.41, 5.74) is 0.179. The van der Waals surface area contributed by atoms with Crippen LogP contribution in [-0.4, -0.2) is 38.3 Å². The van der Waals surface area contributed by atoms with Gasteiger partial charge in [0.05, 0.1) is 5.56 Å². The molecular weight excluding hydrogens is 223 g/mol. The van der Waals surface area contributed by atoms with Crippen LogP contribution in [0.25, 0.3) is 0 Å². The van der Waals surface area contributed by atoms with Crippen molar-refractivity contribution >= 4 is 21.5 Å². The molecule has 16 heavy (non-hydrogen) atoms. The molecule has 0 spiro atoms. The minimum absolute atomic E-state index is 0.00849. The van der Waals surface area contributed by atoms with Gasteiger partial charge in [-0.05, 0) is 30.7 Å². The number of hydrogen-bond acceptors (Lipinski definition) is 3. The fourth-order valence-electron chi connectivity index (χ4n) is 1.29. The molecule has 1 fully saturated rings. The minimum atomic E-state index is -0.986. The van der Waals surface area contributed by atoms with Crippen molar-refractivity contribution in [2.24, 2.45) is 0 Å². The van der Waals surface area contributed by atoms with Gasteiger partial charge in [-0.1, -0.05) is 11.7 Å². The van der Waals surface area contributed by atoms with E-state index in [0.29, 0.717) is 0 Å². The number of rotatable bonds is 1. The van der Waals surface area contributed by atoms with Gasteiger partial charge in [0, 0.05) is 6.61 Å². The average molecular weight is 238 g/mol. The van der Waals surface area contributed by atoms with Gasteiger partial charge in [-0.25, -0.2) is 4.79 Å². The second-order valence-corrected chi connectivity index (χ2v) is 5.05. The van der Waals surface area contributed by atoms with E-state index in [0.717, 1.165) is 6.61 Å². The van der Waals surface area contributed by atoms with Crippen LogP contribution in [0.3, 0.4) is 0 Å². The number of carboxylic acids is 1. The lowest BCUT2D eigenvalue weighted by atomic mass is 10.2. The van der Waals surface area contributed by atoms with E-state index in [9.17, 15) is 4.79 Å². The maximum absolute atomic E-state index is 10.2. The van der Waals surface area contributed by atoms with Gasteiger partial charge >= 0.3 is 21.5 Å². The topological polar surface area (TPSA) is 66.8 Å². The number of aromatic carboxylic acids is 1. The lowest BCUT2D eigenvalue weighted by molar-refractivity contribution is 0.0697. The van der Waals surface area contributed by atoms with Crippen LogP contribution in [0.2, 0.25) is 5.28 Å². The van der Waals surface area contributed by atoms with E-state index in [1.807, 2.05) is 0 Å². The van der Waals surface area contributed by atoms with Crippen LogP contribution in [0.15, 0.2) is 24.3 Å². The second-order valence-electron chi connectivity index (χ2n) is 3.53. The van der Waals surface area contributed by atoms with Crippen molar-refractivity contribution in [1.82, 2.24) is 0 Å². The van der Waals surface area contributed by atoms with E-state index in [-0.39, 0.29) is 26.9 Å². The van der Waals surface area contributed by atoms with Crippen molar-refractivity contribution in [3.8, 4) is 5.75 Å². The summed E-state index contributed by atoms with van der Waals surface area (Å²) in [6.07, 6.45) is 2.75. The summed E-state index contributed by atoms with van der Waals surface area (Å²) < 4.78 is 5.21. The number of phenols is 1. The van der Waals surface area contributed by atoms with Gasteiger partial charge in [-0.2, -0.15) is 0 Å². The minimum Gasteiger partial charge on any atom is -0.508 e. The number of phenolic OH excluding ortho intramolecular Hbond substituents is 1. The molecule has 1 aromatic carbocycles. The van der Waals surface area contributed by atoms with E-state index in [1.165, 1.54) is 42.4 Å². The Kier molecular flexibility index (Phi) is 5.94. The van der Waals surface area contributed by atoms with E-state index < -0.39 is 5.97 Å². The standard InChI is InChI=1S/C7H6O3.C4H8O.Al.H/c8-6-3-1-5(2-4-6)7(9)10;1-2-3-4-5;;/h1-4,8H,(H,9,10);1-4H2;;/q;-1;+1;. The molecule has 0 aliphatic carbocycles. The Labute approximate surface area is 101 Å². The largest absolute Gasteiger partial charge is 0.508 e. The molecular formula is C11H15AlO4. The Morgan fingerprint density at radius 1 is 1.25 bits per heavy atom. The van der Waals surface area contributed by atoms with Crippen molar-refractivity contribution in [3.05, 3.63) is 29.8 Å². The van der Waals surface area contributed by atoms with E-state index in [2.05, 4.69) is 0 Å². The SMILES string of the molecule is C1C[CH2][AlH][O]C1.O=C(O)c1ccc(O)cc1. The summed E-state index contributed by atoms with van der Waals surface area (Å²) >= 11 is 0.00849. The molecule has 0 unspecified atom stereocenters. The van der Waals surface area contributed by atoms with Crippen LogP contribution in [0.1, 0.15) is 23.2 Å². The highest BCUT2D eigenvalue weighted by Gasteiger charge is 2.00. The number of carbonyl (C=O) groups is 1. The molecule has 1 aromatic rings. The first kappa shape index (κ1) is 13.0. The summed E-state index contributed by atoms with van der Waals surface area (Å²) in [5, 5.41) is 18.6. The van der Waals surface area contributed by atoms with E-state index in [4.69, 9.17) is 14.0 Å². The smallest absolute Gasteiger partial charge is 0.435 e. The Bertz CT molecular complexity index is 308. The average Bonchev–Trinajstić information content (AvgIpc) is 2.32. The molecule has 1 saturated heterocycles. The summed E-state index contributed by atoms with van der Waals surface area (Å²) in [5.74, 6) is -0.912. The van der Waals surface area contributed by atoms with Crippen molar-refractivity contribution in [1.29, 1.82) is 0 Å². The van der Waals surface area contributed by atoms with Gasteiger partial charge in [0.15, 0.2) is 0 Å². The van der Waals surface area contributed by atoms with Gasteiger partial charge in [-0.3, -0.25) is 0 Å². The Balaban J connectivity index is 0.000000181. The third kappa shape index (κ3) is 5.17. The molecule has 0 bridgehead atoms. The summed E-state index contributed by atoms with van der Waals surface area (Å²) in [7, 11) is 0. The fraction of sp³-hybridized carbons (Fsp3) is 0.364. The number of hydrogen-bond donors (Lipinski definition) is 2. The van der Waals surface area contributed by atoms with Crippen LogP contribution >= 0.6 is 0 Å². The zero-order valence-electron chi connectivity index (χ0n) is 9.06. The van der Waals surface area contributed by atoms with Crippen LogP contribution in [-0.2, 0) is 3.79 Å². The van der Waals surface area contributed by atoms with E-state index >= 15 is 0 Å². The Morgan fingerprint density at radius 2 is 1.94 bits per heavy atom. The number of carboxylic acid groups (broad SMARTS) is 1. The molecule has 2 rings (SSSR count). The monoisotopic (exact) mass is 238 g/mol. The Morgan fingerprint density at radius 3 is 2.25 bits per heavy atom. The van der Waals surface area contributed by atoms with Gasteiger partial charge in [0.1, 0.15) is 5.75 Å². The third-order valence-electron chi connectivity index (χ3n) is 2.19. The Hall–Kier alpha value is -1.02. The molecule has 1 aliphatic heterocycles. The molecule has 1 aliphatic rings. The van der Waals surface area contributed by atoms with Gasteiger partial charge in [-0.15, -0.1) is 0 Å². The molecule has 1 heterocycles. The molecule has 0 radical (unpaired) electrons. The summed E-state index contributed by atoms with van der Waals surface area (Å²) in [6.45, 7) is 1.06. The van der Waals surface area contributed by atoms with Crippen LogP contribution in [0.5, 0.6) is 5.75 Å². The normalized spacial score (nSPS) is 14.2. The van der Waals surface area contributed by atoms with Crippen LogP contribution in [0.4, 0.5) is 0 Å². The lowest BCUT2D eigenvalue weighted by Crippen LogP contribution is -2.06. The van der Waals surface area contributed by atoms with Crippen LogP contribution in [0, 0.1) is 0 Å². The molecule has 5 heteroatoms. The van der Waals surface area contributed by atoms with E-state index in [1.54, 1.807) is 0 Å². The predicted octanol–water partition coefficient (Wildman–Crippen LogP) is 1.66. The maximum Gasteiger partial charge on any atom is 0.435 e. The van der Waals surface area contributed by atoms with Gasteiger partial charge in [0.25, 0.3) is 0 Å². The zero-order valence-corrected chi connectivity index (χ0v) is 10.5. The highest BCUT2D eigenvalue weighted by molar-refractivity contribution is 6.27. The van der Waals surface area contributed by atoms with Gasteiger partial charge < -0.3 is 14.0 Å². The quantitative estimate of drug-likeness (QED) is 0.730. The van der Waals surface area contributed by atoms with Crippen molar-refractivity contribution in [2.45, 2.75) is 18.1 Å². The lowest BCUT2D eigenvalue weighted by Gasteiger charge is -2.06. The van der Waals surface area contributed by atoms with Crippen molar-refractivity contribution < 1.29 is 18.8 Å². The molecule has 0 saturated carbocycles. The predicted molar refractivity (Wildman–Crippen MR) is 62.2 cm³/mol. The zero-order chi connectivity index (χ0) is 11.8. The number of aromatic hydroxyl groups is 1. The summed E-state index contributed by atoms with van der Waals surface area (Å²) in [4.78, 5) is 10.2. The number of benzene rings is 1. The molecule has 4 nitrogen and oxygen atoms in total. The van der Waals surface area contributed by atoms with Crippen molar-refractivity contribution in [3.63, 3.8) is 0 Å². The highest BCUT2D eigenvalue weighted by Crippen LogP contribution is 2.08. The first-order valence-corrected chi connectivity index (χ1v) is 6.88. The molecule has 86 valence electrons.